The van der Waals surface area contributed by atoms with Gasteiger partial charge in [-0.05, 0) is 44.9 Å². The predicted molar refractivity (Wildman–Crippen MR) is 82.1 cm³/mol. The monoisotopic (exact) mass is 296 g/mol. The van der Waals surface area contributed by atoms with Crippen LogP contribution in [0.4, 0.5) is 10.5 Å². The number of alkyl carbamates (subject to hydrolysis) is 1. The minimum atomic E-state index is -0.833. The zero-order valence-electron chi connectivity index (χ0n) is 13.0. The number of hydrogen-bond donors (Lipinski definition) is 3. The first-order valence-corrected chi connectivity index (χ1v) is 6.61. The van der Waals surface area contributed by atoms with Crippen molar-refractivity contribution in [3.63, 3.8) is 0 Å². The highest BCUT2D eigenvalue weighted by Gasteiger charge is 2.15. The Morgan fingerprint density at radius 3 is 2.14 bits per heavy atom. The van der Waals surface area contributed by atoms with Gasteiger partial charge in [0.1, 0.15) is 5.60 Å². The highest BCUT2D eigenvalue weighted by Crippen LogP contribution is 2.07. The maximum absolute atomic E-state index is 11.3. The lowest BCUT2D eigenvalue weighted by Crippen LogP contribution is -2.33. The number of amides is 1. The fourth-order valence-corrected chi connectivity index (χ4v) is 1.31. The number of aliphatic carboxylic acids is 1. The molecule has 1 aromatic rings. The minimum Gasteiger partial charge on any atom is -0.481 e. The molecule has 0 aromatic heterocycles. The number of rotatable bonds is 3. The summed E-state index contributed by atoms with van der Waals surface area (Å²) in [5, 5.41) is 10.1. The number of carbonyl (C=O) groups excluding carboxylic acids is 1. The zero-order valence-corrected chi connectivity index (χ0v) is 13.0. The molecular weight excluding hydrogens is 272 g/mol. The largest absolute Gasteiger partial charge is 0.481 e. The molecule has 0 saturated heterocycles. The minimum absolute atomic E-state index is 0.382. The van der Waals surface area contributed by atoms with E-state index >= 15 is 0 Å². The van der Waals surface area contributed by atoms with Gasteiger partial charge in [0.15, 0.2) is 0 Å². The van der Waals surface area contributed by atoms with Gasteiger partial charge in [-0.2, -0.15) is 0 Å². The lowest BCUT2D eigenvalue weighted by atomic mass is 10.1. The third-order valence-electron chi connectivity index (χ3n) is 2.06. The van der Waals surface area contributed by atoms with Crippen LogP contribution in [0.5, 0.6) is 0 Å². The summed E-state index contributed by atoms with van der Waals surface area (Å²) >= 11 is 0. The average molecular weight is 296 g/mol. The molecule has 0 unspecified atom stereocenters. The Morgan fingerprint density at radius 1 is 1.24 bits per heavy atom. The Balaban J connectivity index is 0.000000885. The van der Waals surface area contributed by atoms with Crippen LogP contribution in [0.2, 0.25) is 0 Å². The second-order valence-electron chi connectivity index (χ2n) is 5.44. The number of nitrogen functional groups attached to an aromatic ring is 1. The molecule has 0 spiro atoms. The molecule has 0 atom stereocenters. The van der Waals surface area contributed by atoms with Crippen LogP contribution in [0.15, 0.2) is 24.3 Å². The van der Waals surface area contributed by atoms with Crippen molar-refractivity contribution in [3.8, 4) is 0 Å². The van der Waals surface area contributed by atoms with E-state index in [9.17, 15) is 4.79 Å². The second-order valence-corrected chi connectivity index (χ2v) is 5.44. The number of anilines is 1. The summed E-state index contributed by atoms with van der Waals surface area (Å²) in [7, 11) is 0. The van der Waals surface area contributed by atoms with Crippen molar-refractivity contribution < 1.29 is 19.4 Å². The topological polar surface area (TPSA) is 102 Å². The van der Waals surface area contributed by atoms with Crippen molar-refractivity contribution in [1.82, 2.24) is 5.32 Å². The number of benzene rings is 1. The summed E-state index contributed by atoms with van der Waals surface area (Å²) in [6.07, 6.45) is 0.382. The van der Waals surface area contributed by atoms with Crippen molar-refractivity contribution >= 4 is 17.7 Å². The van der Waals surface area contributed by atoms with Gasteiger partial charge in [-0.3, -0.25) is 4.79 Å². The molecule has 1 amide bonds. The molecule has 0 radical (unpaired) electrons. The molecule has 0 saturated carbocycles. The summed E-state index contributed by atoms with van der Waals surface area (Å²) in [5.41, 5.74) is 7.01. The zero-order chi connectivity index (χ0) is 16.5. The van der Waals surface area contributed by atoms with E-state index in [-0.39, 0.29) is 6.09 Å². The van der Waals surface area contributed by atoms with Gasteiger partial charge in [-0.1, -0.05) is 12.1 Å². The van der Waals surface area contributed by atoms with Crippen LogP contribution in [-0.4, -0.2) is 29.3 Å². The van der Waals surface area contributed by atoms with E-state index in [1.807, 2.05) is 45.0 Å². The number of carboxylic acid groups (broad SMARTS) is 1. The van der Waals surface area contributed by atoms with Crippen molar-refractivity contribution in [2.45, 2.75) is 39.7 Å². The van der Waals surface area contributed by atoms with E-state index in [1.54, 1.807) is 0 Å². The third-order valence-corrected chi connectivity index (χ3v) is 2.06. The van der Waals surface area contributed by atoms with E-state index in [1.165, 1.54) is 0 Å². The van der Waals surface area contributed by atoms with Crippen molar-refractivity contribution in [1.29, 1.82) is 0 Å². The summed E-state index contributed by atoms with van der Waals surface area (Å²) in [6, 6.07) is 7.60. The van der Waals surface area contributed by atoms with E-state index < -0.39 is 11.6 Å². The lowest BCUT2D eigenvalue weighted by molar-refractivity contribution is -0.134. The number of hydrogen-bond acceptors (Lipinski definition) is 4. The molecule has 0 aliphatic rings. The van der Waals surface area contributed by atoms with Crippen LogP contribution >= 0.6 is 0 Å². The molecular formula is C15H24N2O4. The second kappa shape index (κ2) is 8.84. The van der Waals surface area contributed by atoms with E-state index in [0.29, 0.717) is 6.54 Å². The quantitative estimate of drug-likeness (QED) is 0.743. The number of carboxylic acids is 1. The molecule has 1 rings (SSSR count). The highest BCUT2D eigenvalue weighted by molar-refractivity contribution is 5.67. The van der Waals surface area contributed by atoms with E-state index in [2.05, 4.69) is 5.32 Å². The molecule has 6 nitrogen and oxygen atoms in total. The molecule has 1 aromatic carbocycles. The van der Waals surface area contributed by atoms with Crippen LogP contribution in [0.25, 0.3) is 0 Å². The summed E-state index contributed by atoms with van der Waals surface area (Å²) in [4.78, 5) is 20.3. The van der Waals surface area contributed by atoms with Crippen LogP contribution in [0.1, 0.15) is 33.3 Å². The Kier molecular flexibility index (Phi) is 7.89. The maximum Gasteiger partial charge on any atom is 0.407 e. The number of nitrogens with two attached hydrogens (primary N) is 1. The van der Waals surface area contributed by atoms with Gasteiger partial charge in [0.2, 0.25) is 0 Å². The van der Waals surface area contributed by atoms with Gasteiger partial charge in [0, 0.05) is 19.2 Å². The Labute approximate surface area is 125 Å². The Morgan fingerprint density at radius 2 is 1.71 bits per heavy atom. The van der Waals surface area contributed by atoms with Crippen molar-refractivity contribution in [2.24, 2.45) is 0 Å². The molecule has 0 heterocycles. The average Bonchev–Trinajstić information content (AvgIpc) is 2.28. The molecule has 0 aliphatic heterocycles. The molecule has 0 fully saturated rings. The van der Waals surface area contributed by atoms with Crippen LogP contribution in [-0.2, 0) is 16.0 Å². The van der Waals surface area contributed by atoms with Gasteiger partial charge in [-0.25, -0.2) is 4.79 Å². The molecule has 118 valence electrons. The fraction of sp³-hybridized carbons (Fsp3) is 0.467. The summed E-state index contributed by atoms with van der Waals surface area (Å²) in [5.74, 6) is -0.833. The van der Waals surface area contributed by atoms with Crippen molar-refractivity contribution in [2.75, 3.05) is 12.3 Å². The smallest absolute Gasteiger partial charge is 0.407 e. The Hall–Kier alpha value is -2.24. The summed E-state index contributed by atoms with van der Waals surface area (Å²) < 4.78 is 5.12. The van der Waals surface area contributed by atoms with E-state index in [0.717, 1.165) is 24.6 Å². The highest BCUT2D eigenvalue weighted by atomic mass is 16.6. The summed E-state index contributed by atoms with van der Waals surface area (Å²) in [6.45, 7) is 7.16. The first-order valence-electron chi connectivity index (χ1n) is 6.61. The van der Waals surface area contributed by atoms with Crippen molar-refractivity contribution in [3.05, 3.63) is 29.8 Å². The molecule has 0 bridgehead atoms. The van der Waals surface area contributed by atoms with E-state index in [4.69, 9.17) is 20.4 Å². The van der Waals surface area contributed by atoms with Crippen LogP contribution in [0.3, 0.4) is 0 Å². The molecule has 21 heavy (non-hydrogen) atoms. The number of carbonyl (C=O) groups is 2. The molecule has 0 aliphatic carbocycles. The van der Waals surface area contributed by atoms with Crippen LogP contribution in [0, 0.1) is 0 Å². The Bertz CT molecular complexity index is 446. The molecule has 6 heteroatoms. The SMILES string of the molecule is CC(=O)O.CC(C)(C)OC(=O)NCCc1ccc(N)cc1. The fourth-order valence-electron chi connectivity index (χ4n) is 1.31. The standard InChI is InChI=1S/C13H20N2O2.C2H4O2/c1-13(2,3)17-12(16)15-9-8-10-4-6-11(14)7-5-10;1-2(3)4/h4-7H,8-9,14H2,1-3H3,(H,15,16);1H3,(H,3,4). The normalized spacial score (nSPS) is 10.1. The molecule has 4 N–H and O–H groups in total. The van der Waals surface area contributed by atoms with Gasteiger partial charge >= 0.3 is 6.09 Å². The predicted octanol–water partition coefficient (Wildman–Crippen LogP) is 2.43. The third kappa shape index (κ3) is 12.5. The lowest BCUT2D eigenvalue weighted by Gasteiger charge is -2.19. The van der Waals surface area contributed by atoms with Gasteiger partial charge in [-0.15, -0.1) is 0 Å². The maximum atomic E-state index is 11.3. The number of nitrogens with one attached hydrogen (secondary N) is 1. The van der Waals surface area contributed by atoms with Gasteiger partial charge in [0.05, 0.1) is 0 Å². The van der Waals surface area contributed by atoms with Gasteiger partial charge in [0.25, 0.3) is 5.97 Å². The number of ether oxygens (including phenoxy) is 1. The first kappa shape index (κ1) is 18.8. The van der Waals surface area contributed by atoms with Gasteiger partial charge < -0.3 is 20.9 Å². The first-order chi connectivity index (χ1) is 9.60. The van der Waals surface area contributed by atoms with Crippen LogP contribution < -0.4 is 11.1 Å².